The Balaban J connectivity index is 3.21. The summed E-state index contributed by atoms with van der Waals surface area (Å²) in [6, 6.07) is 2.63. The van der Waals surface area contributed by atoms with Crippen molar-refractivity contribution in [2.24, 2.45) is 5.73 Å². The van der Waals surface area contributed by atoms with Crippen molar-refractivity contribution in [3.63, 3.8) is 0 Å². The van der Waals surface area contributed by atoms with Gasteiger partial charge in [-0.1, -0.05) is 0 Å². The fourth-order valence-corrected chi connectivity index (χ4v) is 0.887. The van der Waals surface area contributed by atoms with Gasteiger partial charge in [0.2, 0.25) is 0 Å². The maximum atomic E-state index is 12.8. The van der Waals surface area contributed by atoms with Crippen molar-refractivity contribution < 1.29 is 9.50 Å². The molecule has 0 fully saturated rings. The van der Waals surface area contributed by atoms with Crippen molar-refractivity contribution in [2.75, 3.05) is 0 Å². The monoisotopic (exact) mass is 155 g/mol. The summed E-state index contributed by atoms with van der Waals surface area (Å²) in [6.45, 7) is 1.86. The summed E-state index contributed by atoms with van der Waals surface area (Å²) < 4.78 is 12.8. The van der Waals surface area contributed by atoms with E-state index in [0.29, 0.717) is 11.1 Å². The van der Waals surface area contributed by atoms with E-state index < -0.39 is 5.82 Å². The molecule has 0 aliphatic carbocycles. The van der Waals surface area contributed by atoms with E-state index >= 15 is 0 Å². The van der Waals surface area contributed by atoms with Crippen molar-refractivity contribution >= 4 is 0 Å². The van der Waals surface area contributed by atoms with E-state index in [-0.39, 0.29) is 12.3 Å². The quantitative estimate of drug-likeness (QED) is 0.642. The molecule has 0 atom stereocenters. The van der Waals surface area contributed by atoms with E-state index in [4.69, 9.17) is 10.8 Å². The Bertz CT molecular complexity index is 273. The van der Waals surface area contributed by atoms with E-state index in [1.54, 1.807) is 13.0 Å². The summed E-state index contributed by atoms with van der Waals surface area (Å²) in [7, 11) is 0. The Morgan fingerprint density at radius 1 is 1.55 bits per heavy atom. The Labute approximate surface area is 64.5 Å². The van der Waals surface area contributed by atoms with Gasteiger partial charge < -0.3 is 10.8 Å². The van der Waals surface area contributed by atoms with Gasteiger partial charge in [0, 0.05) is 18.2 Å². The number of benzene rings is 1. The second-order valence-electron chi connectivity index (χ2n) is 2.43. The molecule has 0 spiro atoms. The summed E-state index contributed by atoms with van der Waals surface area (Å²) in [4.78, 5) is 0. The summed E-state index contributed by atoms with van der Waals surface area (Å²) >= 11 is 0. The molecule has 1 rings (SSSR count). The van der Waals surface area contributed by atoms with E-state index in [2.05, 4.69) is 0 Å². The molecule has 1 aromatic rings. The lowest BCUT2D eigenvalue weighted by atomic mass is 10.1. The number of phenolic OH excluding ortho intramolecular Hbond substituents is 1. The summed E-state index contributed by atoms with van der Waals surface area (Å²) in [6.07, 6.45) is 0. The van der Waals surface area contributed by atoms with Crippen LogP contribution in [0.5, 0.6) is 5.75 Å². The molecule has 0 aliphatic heterocycles. The zero-order chi connectivity index (χ0) is 8.43. The maximum absolute atomic E-state index is 12.8. The molecule has 3 N–H and O–H groups in total. The molecule has 0 saturated carbocycles. The van der Waals surface area contributed by atoms with Gasteiger partial charge in [0.15, 0.2) is 0 Å². The number of rotatable bonds is 1. The molecule has 3 heteroatoms. The predicted octanol–water partition coefficient (Wildman–Crippen LogP) is 1.30. The highest BCUT2D eigenvalue weighted by Gasteiger charge is 2.03. The van der Waals surface area contributed by atoms with Crippen LogP contribution in [-0.2, 0) is 6.54 Å². The van der Waals surface area contributed by atoms with E-state index in [1.165, 1.54) is 0 Å². The zero-order valence-electron chi connectivity index (χ0n) is 6.26. The SMILES string of the molecule is Cc1cc(CN)c(F)cc1O. The molecule has 0 bridgehead atoms. The number of phenols is 1. The van der Waals surface area contributed by atoms with Gasteiger partial charge >= 0.3 is 0 Å². The normalized spacial score (nSPS) is 10.1. The van der Waals surface area contributed by atoms with Crippen LogP contribution in [-0.4, -0.2) is 5.11 Å². The molecule has 0 amide bonds. The molecule has 0 aromatic heterocycles. The minimum absolute atomic E-state index is 0.0281. The van der Waals surface area contributed by atoms with Crippen LogP contribution in [0, 0.1) is 12.7 Å². The van der Waals surface area contributed by atoms with Gasteiger partial charge in [-0.25, -0.2) is 4.39 Å². The first kappa shape index (κ1) is 8.01. The highest BCUT2D eigenvalue weighted by atomic mass is 19.1. The lowest BCUT2D eigenvalue weighted by Crippen LogP contribution is -1.99. The molecular weight excluding hydrogens is 145 g/mol. The van der Waals surface area contributed by atoms with Crippen molar-refractivity contribution in [1.82, 2.24) is 0 Å². The van der Waals surface area contributed by atoms with Crippen molar-refractivity contribution in [3.05, 3.63) is 29.1 Å². The lowest BCUT2D eigenvalue weighted by Gasteiger charge is -2.02. The van der Waals surface area contributed by atoms with Gasteiger partial charge in [0.1, 0.15) is 11.6 Å². The van der Waals surface area contributed by atoms with E-state index in [1.807, 2.05) is 0 Å². The number of hydrogen-bond acceptors (Lipinski definition) is 2. The number of halogens is 1. The van der Waals surface area contributed by atoms with Gasteiger partial charge in [-0.15, -0.1) is 0 Å². The first-order valence-electron chi connectivity index (χ1n) is 3.33. The standard InChI is InChI=1S/C8H10FNO/c1-5-2-6(4-10)7(9)3-8(5)11/h2-3,11H,4,10H2,1H3. The van der Waals surface area contributed by atoms with Crippen LogP contribution in [0.2, 0.25) is 0 Å². The van der Waals surface area contributed by atoms with Gasteiger partial charge in [-0.2, -0.15) is 0 Å². The second kappa shape index (κ2) is 2.88. The van der Waals surface area contributed by atoms with Crippen LogP contribution in [0.15, 0.2) is 12.1 Å². The van der Waals surface area contributed by atoms with Gasteiger partial charge in [-0.05, 0) is 18.6 Å². The fourth-order valence-electron chi connectivity index (χ4n) is 0.887. The molecule has 60 valence electrons. The van der Waals surface area contributed by atoms with Gasteiger partial charge in [0.05, 0.1) is 0 Å². The molecule has 1 aromatic carbocycles. The van der Waals surface area contributed by atoms with E-state index in [9.17, 15) is 4.39 Å². The van der Waals surface area contributed by atoms with Crippen LogP contribution >= 0.6 is 0 Å². The first-order chi connectivity index (χ1) is 5.15. The highest BCUT2D eigenvalue weighted by Crippen LogP contribution is 2.19. The Hall–Kier alpha value is -1.09. The summed E-state index contributed by atoms with van der Waals surface area (Å²) in [5.41, 5.74) is 6.32. The molecule has 0 unspecified atom stereocenters. The number of aromatic hydroxyl groups is 1. The third-order valence-corrected chi connectivity index (χ3v) is 1.58. The molecule has 11 heavy (non-hydrogen) atoms. The van der Waals surface area contributed by atoms with Crippen LogP contribution in [0.1, 0.15) is 11.1 Å². The van der Waals surface area contributed by atoms with Crippen LogP contribution in [0.25, 0.3) is 0 Å². The molecule has 0 saturated heterocycles. The van der Waals surface area contributed by atoms with Crippen molar-refractivity contribution in [1.29, 1.82) is 0 Å². The zero-order valence-corrected chi connectivity index (χ0v) is 6.26. The topological polar surface area (TPSA) is 46.2 Å². The highest BCUT2D eigenvalue weighted by molar-refractivity contribution is 5.35. The largest absolute Gasteiger partial charge is 0.508 e. The molecule has 0 heterocycles. The first-order valence-corrected chi connectivity index (χ1v) is 3.33. The van der Waals surface area contributed by atoms with Gasteiger partial charge in [-0.3, -0.25) is 0 Å². The third-order valence-electron chi connectivity index (χ3n) is 1.58. The fraction of sp³-hybridized carbons (Fsp3) is 0.250. The van der Waals surface area contributed by atoms with Crippen LogP contribution in [0.3, 0.4) is 0 Å². The Kier molecular flexibility index (Phi) is 2.10. The Morgan fingerprint density at radius 2 is 2.18 bits per heavy atom. The molecule has 0 radical (unpaired) electrons. The molecule has 2 nitrogen and oxygen atoms in total. The predicted molar refractivity (Wildman–Crippen MR) is 40.7 cm³/mol. The Morgan fingerprint density at radius 3 is 2.73 bits per heavy atom. The van der Waals surface area contributed by atoms with Crippen LogP contribution in [0.4, 0.5) is 4.39 Å². The third kappa shape index (κ3) is 1.49. The lowest BCUT2D eigenvalue weighted by molar-refractivity contribution is 0.463. The van der Waals surface area contributed by atoms with E-state index in [0.717, 1.165) is 6.07 Å². The minimum atomic E-state index is -0.449. The maximum Gasteiger partial charge on any atom is 0.131 e. The summed E-state index contributed by atoms with van der Waals surface area (Å²) in [5.74, 6) is -0.477. The van der Waals surface area contributed by atoms with Crippen molar-refractivity contribution in [3.8, 4) is 5.75 Å². The van der Waals surface area contributed by atoms with Gasteiger partial charge in [0.25, 0.3) is 0 Å². The minimum Gasteiger partial charge on any atom is -0.508 e. The summed E-state index contributed by atoms with van der Waals surface area (Å²) in [5, 5.41) is 9.04. The average Bonchev–Trinajstić information content (AvgIpc) is 1.97. The smallest absolute Gasteiger partial charge is 0.131 e. The molecule has 0 aliphatic rings. The number of hydrogen-bond donors (Lipinski definition) is 2. The van der Waals surface area contributed by atoms with Crippen LogP contribution < -0.4 is 5.73 Å². The number of aryl methyl sites for hydroxylation is 1. The second-order valence-corrected chi connectivity index (χ2v) is 2.43. The molecular formula is C8H10FNO. The number of nitrogens with two attached hydrogens (primary N) is 1. The van der Waals surface area contributed by atoms with Crippen molar-refractivity contribution in [2.45, 2.75) is 13.5 Å². The average molecular weight is 155 g/mol.